The van der Waals surface area contributed by atoms with Crippen molar-refractivity contribution in [2.75, 3.05) is 47.5 Å². The van der Waals surface area contributed by atoms with Crippen LogP contribution in [-0.2, 0) is 33.4 Å². The Hall–Kier alpha value is -3.52. The third-order valence-electron chi connectivity index (χ3n) is 12.8. The summed E-state index contributed by atoms with van der Waals surface area (Å²) in [4.78, 5) is 53.2. The van der Waals surface area contributed by atoms with Gasteiger partial charge in [0.2, 0.25) is 0 Å². The molecule has 0 radical (unpaired) electrons. The monoisotopic (exact) mass is 1010 g/mol. The number of quaternary nitrogens is 1. The van der Waals surface area contributed by atoms with Gasteiger partial charge in [-0.1, -0.05) is 190 Å². The average Bonchev–Trinajstić information content (AvgIpc) is 3.35. The van der Waals surface area contributed by atoms with E-state index < -0.39 is 5.41 Å². The van der Waals surface area contributed by atoms with Crippen LogP contribution in [0.25, 0.3) is 0 Å². The Kier molecular flexibility index (Phi) is 48.5. The van der Waals surface area contributed by atoms with Gasteiger partial charge in [0.25, 0.3) is 0 Å². The largest absolute Gasteiger partial charge is 0.465 e. The lowest BCUT2D eigenvalue weighted by molar-refractivity contribution is -0.862. The molecule has 0 saturated heterocycles. The number of esters is 3. The van der Waals surface area contributed by atoms with Crippen molar-refractivity contribution in [1.82, 2.24) is 0 Å². The number of ketones is 1. The van der Waals surface area contributed by atoms with Crippen LogP contribution in [0.3, 0.4) is 0 Å². The van der Waals surface area contributed by atoms with E-state index in [0.717, 1.165) is 135 Å². The second-order valence-corrected chi connectivity index (χ2v) is 21.6. The Morgan fingerprint density at radius 1 is 0.347 bits per heavy atom. The van der Waals surface area contributed by atoms with E-state index in [1.165, 1.54) is 77.0 Å². The van der Waals surface area contributed by atoms with Crippen molar-refractivity contribution in [3.05, 3.63) is 72.9 Å². The Balaban J connectivity index is 5.27. The second kappa shape index (κ2) is 51.0. The van der Waals surface area contributed by atoms with Crippen molar-refractivity contribution in [2.24, 2.45) is 5.41 Å². The second-order valence-electron chi connectivity index (χ2n) is 21.6. The summed E-state index contributed by atoms with van der Waals surface area (Å²) < 4.78 is 18.1. The minimum atomic E-state index is -1.18. The number of allylic oxidation sites excluding steroid dienone is 12. The molecule has 0 aliphatic rings. The smallest absolute Gasteiger partial charge is 0.305 e. The molecule has 0 amide bonds. The van der Waals surface area contributed by atoms with Crippen molar-refractivity contribution in [2.45, 2.75) is 258 Å². The lowest BCUT2D eigenvalue weighted by atomic mass is 9.84. The molecule has 0 spiro atoms. The highest BCUT2D eigenvalue weighted by atomic mass is 16.6. The molecule has 0 aliphatic carbocycles. The molecule has 0 aromatic rings. The molecule has 0 fully saturated rings. The standard InChI is InChI=1S/C64H112NO7/c1-7-10-13-16-19-22-25-28-31-34-37-40-43-46-49-52-61(67)70-57-64(55-60(66)56-65(4,5)6,58-71-62(68)53-50-47-44-41-38-35-32-29-26-23-20-17-14-11-8-2)59-72-63(69)54-51-48-45-42-39-36-33-30-27-24-21-18-15-12-9-3/h19-24,28-33H,7-18,25-27,34-59H2,1-6H3/q+1/b22-19-,23-20-,24-21-,31-28-,32-29-,33-30-. The number of unbranched alkanes of at least 4 members (excludes halogenated alkanes) is 24. The van der Waals surface area contributed by atoms with E-state index in [1.807, 2.05) is 21.1 Å². The summed E-state index contributed by atoms with van der Waals surface area (Å²) in [7, 11) is 5.84. The zero-order chi connectivity index (χ0) is 52.9. The highest BCUT2D eigenvalue weighted by Crippen LogP contribution is 2.27. The first-order chi connectivity index (χ1) is 35.0. The number of nitrogens with zero attached hydrogens (tertiary/aromatic N) is 1. The zero-order valence-electron chi connectivity index (χ0n) is 47.7. The maximum absolute atomic E-state index is 13.6. The SMILES string of the molecule is CCCCC/C=C\C/C=C\CCCCCCCC(=O)OCC(COC(=O)CCCCCCC/C=C\C/C=C\CCCCC)(COC(=O)CCCCCCC/C=C\C/C=C\CCCCC)CC(=O)C[N+](C)(C)C. The summed E-state index contributed by atoms with van der Waals surface area (Å²) in [5.74, 6) is -1.12. The summed E-state index contributed by atoms with van der Waals surface area (Å²) in [6, 6.07) is 0. The van der Waals surface area contributed by atoms with E-state index in [-0.39, 0.29) is 75.7 Å². The van der Waals surface area contributed by atoms with Gasteiger partial charge in [-0.05, 0) is 116 Å². The maximum Gasteiger partial charge on any atom is 0.305 e. The van der Waals surface area contributed by atoms with E-state index in [0.29, 0.717) is 4.48 Å². The van der Waals surface area contributed by atoms with Gasteiger partial charge in [-0.3, -0.25) is 19.2 Å². The summed E-state index contributed by atoms with van der Waals surface area (Å²) in [6.07, 6.45) is 64.1. The summed E-state index contributed by atoms with van der Waals surface area (Å²) in [5, 5.41) is 0. The number of rotatable bonds is 52. The van der Waals surface area contributed by atoms with Crippen molar-refractivity contribution < 1.29 is 37.9 Å². The van der Waals surface area contributed by atoms with Crippen LogP contribution in [0, 0.1) is 5.41 Å². The minimum absolute atomic E-state index is 0.0343. The number of ether oxygens (including phenoxy) is 3. The fraction of sp³-hybridized carbons (Fsp3) is 0.750. The van der Waals surface area contributed by atoms with E-state index in [4.69, 9.17) is 14.2 Å². The third-order valence-corrected chi connectivity index (χ3v) is 12.8. The molecule has 414 valence electrons. The lowest BCUT2D eigenvalue weighted by Gasteiger charge is -2.33. The maximum atomic E-state index is 13.6. The van der Waals surface area contributed by atoms with Crippen LogP contribution in [0.2, 0.25) is 0 Å². The normalized spacial score (nSPS) is 12.5. The summed E-state index contributed by atoms with van der Waals surface area (Å²) in [5.41, 5.74) is -1.18. The molecular weight excluding hydrogens is 895 g/mol. The molecule has 0 unspecified atom stereocenters. The van der Waals surface area contributed by atoms with Crippen molar-refractivity contribution >= 4 is 23.7 Å². The van der Waals surface area contributed by atoms with Crippen LogP contribution in [0.4, 0.5) is 0 Å². The predicted molar refractivity (Wildman–Crippen MR) is 306 cm³/mol. The van der Waals surface area contributed by atoms with E-state index in [9.17, 15) is 19.2 Å². The number of hydrogen-bond acceptors (Lipinski definition) is 7. The minimum Gasteiger partial charge on any atom is -0.465 e. The van der Waals surface area contributed by atoms with Gasteiger partial charge in [-0.2, -0.15) is 0 Å². The first-order valence-electron chi connectivity index (χ1n) is 29.7. The fourth-order valence-corrected chi connectivity index (χ4v) is 8.44. The van der Waals surface area contributed by atoms with Gasteiger partial charge >= 0.3 is 17.9 Å². The van der Waals surface area contributed by atoms with E-state index in [1.54, 1.807) is 0 Å². The molecule has 0 bridgehead atoms. The number of hydrogen-bond donors (Lipinski definition) is 0. The molecule has 72 heavy (non-hydrogen) atoms. The van der Waals surface area contributed by atoms with Crippen LogP contribution < -0.4 is 0 Å². The van der Waals surface area contributed by atoms with Crippen LogP contribution in [-0.4, -0.2) is 75.7 Å². The average molecular weight is 1010 g/mol. The molecular formula is C64H112NO7+. The van der Waals surface area contributed by atoms with Crippen molar-refractivity contribution in [1.29, 1.82) is 0 Å². The van der Waals surface area contributed by atoms with Crippen molar-refractivity contribution in [3.8, 4) is 0 Å². The van der Waals surface area contributed by atoms with Crippen LogP contribution in [0.5, 0.6) is 0 Å². The highest BCUT2D eigenvalue weighted by molar-refractivity contribution is 5.80. The van der Waals surface area contributed by atoms with Gasteiger partial charge in [0.05, 0.1) is 26.6 Å². The van der Waals surface area contributed by atoms with Gasteiger partial charge in [0.15, 0.2) is 5.78 Å². The zero-order valence-corrected chi connectivity index (χ0v) is 47.7. The Morgan fingerprint density at radius 3 is 0.861 bits per heavy atom. The van der Waals surface area contributed by atoms with Crippen LogP contribution >= 0.6 is 0 Å². The molecule has 0 heterocycles. The summed E-state index contributed by atoms with van der Waals surface area (Å²) >= 11 is 0. The molecule has 0 rings (SSSR count). The molecule has 0 saturated carbocycles. The molecule has 0 N–H and O–H groups in total. The quantitative estimate of drug-likeness (QED) is 0.0197. The Labute approximate surface area is 444 Å². The molecule has 0 aromatic heterocycles. The van der Waals surface area contributed by atoms with Crippen LogP contribution in [0.15, 0.2) is 72.9 Å². The van der Waals surface area contributed by atoms with E-state index >= 15 is 0 Å². The molecule has 8 heteroatoms. The number of carbonyl (C=O) groups is 4. The Bertz CT molecular complexity index is 1330. The fourth-order valence-electron chi connectivity index (χ4n) is 8.44. The number of carbonyl (C=O) groups excluding carboxylic acids is 4. The highest BCUT2D eigenvalue weighted by Gasteiger charge is 2.39. The van der Waals surface area contributed by atoms with Gasteiger partial charge in [-0.25, -0.2) is 0 Å². The third kappa shape index (κ3) is 50.0. The van der Waals surface area contributed by atoms with Crippen molar-refractivity contribution in [3.63, 3.8) is 0 Å². The first-order valence-corrected chi connectivity index (χ1v) is 29.7. The number of likely N-dealkylation sites (N-methyl/N-ethyl adjacent to an activating group) is 1. The summed E-state index contributed by atoms with van der Waals surface area (Å²) in [6.45, 7) is 6.45. The lowest BCUT2D eigenvalue weighted by Crippen LogP contribution is -2.45. The Morgan fingerprint density at radius 2 is 0.597 bits per heavy atom. The van der Waals surface area contributed by atoms with Gasteiger partial charge in [0.1, 0.15) is 26.4 Å². The predicted octanol–water partition coefficient (Wildman–Crippen LogP) is 17.7. The topological polar surface area (TPSA) is 96.0 Å². The molecule has 0 atom stereocenters. The molecule has 0 aliphatic heterocycles. The molecule has 0 aromatic carbocycles. The van der Waals surface area contributed by atoms with Gasteiger partial charge < -0.3 is 18.7 Å². The van der Waals surface area contributed by atoms with Crippen LogP contribution in [0.1, 0.15) is 258 Å². The number of Topliss-reactive ketones (excluding diaryl/α,β-unsaturated/α-hetero) is 1. The van der Waals surface area contributed by atoms with E-state index in [2.05, 4.69) is 93.7 Å². The van der Waals surface area contributed by atoms with Gasteiger partial charge in [-0.15, -0.1) is 0 Å². The van der Waals surface area contributed by atoms with Gasteiger partial charge in [0, 0.05) is 25.7 Å². The molecule has 8 nitrogen and oxygen atoms in total. The first kappa shape index (κ1) is 68.5.